The van der Waals surface area contributed by atoms with Gasteiger partial charge in [-0.15, -0.1) is 0 Å². The summed E-state index contributed by atoms with van der Waals surface area (Å²) in [5.74, 6) is -1.54. The van der Waals surface area contributed by atoms with E-state index in [1.54, 1.807) is 24.3 Å². The first-order chi connectivity index (χ1) is 13.3. The van der Waals surface area contributed by atoms with Crippen molar-refractivity contribution in [1.82, 2.24) is 4.31 Å². The van der Waals surface area contributed by atoms with Crippen molar-refractivity contribution in [3.05, 3.63) is 58.6 Å². The van der Waals surface area contributed by atoms with Crippen molar-refractivity contribution in [1.29, 1.82) is 0 Å². The monoisotopic (exact) mass is 466 g/mol. The minimum absolute atomic E-state index is 0.0484. The maximum absolute atomic E-state index is 12.9. The largest absolute Gasteiger partial charge is 0.426 e. The minimum Gasteiger partial charge on any atom is -0.426 e. The molecule has 2 N–H and O–H groups in total. The van der Waals surface area contributed by atoms with Crippen LogP contribution in [0.15, 0.2) is 57.9 Å². The van der Waals surface area contributed by atoms with Gasteiger partial charge in [-0.1, -0.05) is 22.0 Å². The first-order valence-electron chi connectivity index (χ1n) is 8.64. The number of nitrogens with zero attached hydrogens (tertiary/aromatic N) is 1. The van der Waals surface area contributed by atoms with Crippen LogP contribution >= 0.6 is 15.9 Å². The zero-order valence-electron chi connectivity index (χ0n) is 14.9. The molecule has 28 heavy (non-hydrogen) atoms. The molecule has 148 valence electrons. The van der Waals surface area contributed by atoms with Gasteiger partial charge < -0.3 is 10.5 Å². The Morgan fingerprint density at radius 3 is 2.54 bits per heavy atom. The van der Waals surface area contributed by atoms with Crippen LogP contribution in [0.1, 0.15) is 23.2 Å². The van der Waals surface area contributed by atoms with Crippen molar-refractivity contribution in [2.45, 2.75) is 17.7 Å². The molecule has 0 aliphatic carbocycles. The standard InChI is InChI=1S/C19H19BrN2O5S/c20-15-6-8-17(9-7-15)28(25,26)22-10-2-4-14(12-22)19(24)27-16-5-1-3-13(11-16)18(21)23/h1,3,5-9,11,14H,2,4,10,12H2,(H2,21,23). The number of hydrogen-bond donors (Lipinski definition) is 1. The molecule has 1 atom stereocenters. The van der Waals surface area contributed by atoms with Gasteiger partial charge in [0, 0.05) is 23.1 Å². The van der Waals surface area contributed by atoms with Crippen molar-refractivity contribution in [3.63, 3.8) is 0 Å². The molecule has 1 unspecified atom stereocenters. The smallest absolute Gasteiger partial charge is 0.315 e. The highest BCUT2D eigenvalue weighted by Gasteiger charge is 2.34. The molecular formula is C19H19BrN2O5S. The topological polar surface area (TPSA) is 107 Å². The molecule has 0 bridgehead atoms. The first-order valence-corrected chi connectivity index (χ1v) is 10.9. The van der Waals surface area contributed by atoms with Gasteiger partial charge in [0.1, 0.15) is 5.75 Å². The molecule has 9 heteroatoms. The van der Waals surface area contributed by atoms with Crippen LogP contribution in [0.2, 0.25) is 0 Å². The number of rotatable bonds is 5. The number of nitrogens with two attached hydrogens (primary N) is 1. The Hall–Kier alpha value is -2.23. The third-order valence-corrected chi connectivity index (χ3v) is 6.91. The Labute approximate surface area is 171 Å². The van der Waals surface area contributed by atoms with Crippen molar-refractivity contribution in [3.8, 4) is 5.75 Å². The zero-order chi connectivity index (χ0) is 20.3. The quantitative estimate of drug-likeness (QED) is 0.538. The Morgan fingerprint density at radius 2 is 1.86 bits per heavy atom. The van der Waals surface area contributed by atoms with E-state index in [0.29, 0.717) is 19.4 Å². The van der Waals surface area contributed by atoms with E-state index in [2.05, 4.69) is 15.9 Å². The molecular weight excluding hydrogens is 448 g/mol. The highest BCUT2D eigenvalue weighted by molar-refractivity contribution is 9.10. The van der Waals surface area contributed by atoms with Crippen LogP contribution < -0.4 is 10.5 Å². The highest BCUT2D eigenvalue weighted by Crippen LogP contribution is 2.26. The van der Waals surface area contributed by atoms with Gasteiger partial charge in [-0.05, 0) is 55.3 Å². The predicted octanol–water partition coefficient (Wildman–Crippen LogP) is 2.55. The fourth-order valence-corrected chi connectivity index (χ4v) is 4.81. The van der Waals surface area contributed by atoms with Crippen LogP contribution in [0.4, 0.5) is 0 Å². The number of primary amides is 1. The molecule has 1 aliphatic rings. The van der Waals surface area contributed by atoms with Crippen molar-refractivity contribution in [2.24, 2.45) is 11.7 Å². The Bertz CT molecular complexity index is 992. The zero-order valence-corrected chi connectivity index (χ0v) is 17.3. The summed E-state index contributed by atoms with van der Waals surface area (Å²) in [4.78, 5) is 24.0. The number of benzene rings is 2. The van der Waals surface area contributed by atoms with Crippen LogP contribution in [0.25, 0.3) is 0 Å². The number of amides is 1. The van der Waals surface area contributed by atoms with E-state index < -0.39 is 27.8 Å². The number of halogens is 1. The van der Waals surface area contributed by atoms with E-state index in [0.717, 1.165) is 4.47 Å². The second kappa shape index (κ2) is 8.42. The SMILES string of the molecule is NC(=O)c1cccc(OC(=O)C2CCCN(S(=O)(=O)c3ccc(Br)cc3)C2)c1. The maximum Gasteiger partial charge on any atom is 0.315 e. The van der Waals surface area contributed by atoms with Gasteiger partial charge in [0.15, 0.2) is 0 Å². The van der Waals surface area contributed by atoms with Gasteiger partial charge in [0.2, 0.25) is 15.9 Å². The number of hydrogen-bond acceptors (Lipinski definition) is 5. The Morgan fingerprint density at radius 1 is 1.14 bits per heavy atom. The van der Waals surface area contributed by atoms with Gasteiger partial charge in [0.05, 0.1) is 10.8 Å². The van der Waals surface area contributed by atoms with Crippen molar-refractivity contribution < 1.29 is 22.7 Å². The number of sulfonamides is 1. The summed E-state index contributed by atoms with van der Waals surface area (Å²) < 4.78 is 33.1. The molecule has 2 aromatic carbocycles. The summed E-state index contributed by atoms with van der Waals surface area (Å²) in [7, 11) is -3.69. The van der Waals surface area contributed by atoms with Crippen LogP contribution in [-0.4, -0.2) is 37.7 Å². The third-order valence-electron chi connectivity index (χ3n) is 4.51. The van der Waals surface area contributed by atoms with E-state index in [1.165, 1.54) is 28.6 Å². The van der Waals surface area contributed by atoms with Crippen LogP contribution in [-0.2, 0) is 14.8 Å². The summed E-state index contributed by atoms with van der Waals surface area (Å²) in [5.41, 5.74) is 5.46. The van der Waals surface area contributed by atoms with E-state index in [9.17, 15) is 18.0 Å². The van der Waals surface area contributed by atoms with Gasteiger partial charge in [-0.2, -0.15) is 4.31 Å². The van der Waals surface area contributed by atoms with E-state index in [-0.39, 0.29) is 22.8 Å². The number of ether oxygens (including phenoxy) is 1. The normalized spacial score (nSPS) is 17.8. The summed E-state index contributed by atoms with van der Waals surface area (Å²) in [6.45, 7) is 0.395. The van der Waals surface area contributed by atoms with Crippen molar-refractivity contribution >= 4 is 37.8 Å². The van der Waals surface area contributed by atoms with Crippen molar-refractivity contribution in [2.75, 3.05) is 13.1 Å². The van der Waals surface area contributed by atoms with Gasteiger partial charge in [0.25, 0.3) is 0 Å². The third kappa shape index (κ3) is 4.60. The molecule has 1 heterocycles. The molecule has 0 spiro atoms. The molecule has 0 saturated carbocycles. The lowest BCUT2D eigenvalue weighted by Crippen LogP contribution is -2.43. The molecule has 1 fully saturated rings. The molecule has 0 aromatic heterocycles. The molecule has 2 aromatic rings. The second-order valence-corrected chi connectivity index (χ2v) is 9.32. The molecule has 3 rings (SSSR count). The van der Waals surface area contributed by atoms with Gasteiger partial charge >= 0.3 is 5.97 Å². The molecule has 1 amide bonds. The van der Waals surface area contributed by atoms with Crippen LogP contribution in [0, 0.1) is 5.92 Å². The Balaban J connectivity index is 1.72. The van der Waals surface area contributed by atoms with Crippen LogP contribution in [0.3, 0.4) is 0 Å². The molecule has 7 nitrogen and oxygen atoms in total. The maximum atomic E-state index is 12.9. The molecule has 1 aliphatic heterocycles. The first kappa shape index (κ1) is 20.5. The van der Waals surface area contributed by atoms with Gasteiger partial charge in [-0.3, -0.25) is 9.59 Å². The number of esters is 1. The molecule has 0 radical (unpaired) electrons. The fraction of sp³-hybridized carbons (Fsp3) is 0.263. The summed E-state index contributed by atoms with van der Waals surface area (Å²) in [5, 5.41) is 0. The summed E-state index contributed by atoms with van der Waals surface area (Å²) >= 11 is 3.28. The highest BCUT2D eigenvalue weighted by atomic mass is 79.9. The number of carbonyl (C=O) groups is 2. The lowest BCUT2D eigenvalue weighted by Gasteiger charge is -2.30. The lowest BCUT2D eigenvalue weighted by atomic mass is 10.00. The summed E-state index contributed by atoms with van der Waals surface area (Å²) in [6.07, 6.45) is 1.08. The van der Waals surface area contributed by atoms with E-state index in [4.69, 9.17) is 10.5 Å². The molecule has 1 saturated heterocycles. The van der Waals surface area contributed by atoms with E-state index >= 15 is 0 Å². The minimum atomic E-state index is -3.69. The number of piperidine rings is 1. The Kier molecular flexibility index (Phi) is 6.17. The lowest BCUT2D eigenvalue weighted by molar-refractivity contribution is -0.140. The average molecular weight is 467 g/mol. The predicted molar refractivity (Wildman–Crippen MR) is 106 cm³/mol. The number of carbonyl (C=O) groups excluding carboxylic acids is 2. The second-order valence-electron chi connectivity index (χ2n) is 6.47. The summed E-state index contributed by atoms with van der Waals surface area (Å²) in [6, 6.07) is 12.4. The van der Waals surface area contributed by atoms with Crippen LogP contribution in [0.5, 0.6) is 5.75 Å². The van der Waals surface area contributed by atoms with Gasteiger partial charge in [-0.25, -0.2) is 8.42 Å². The van der Waals surface area contributed by atoms with E-state index in [1.807, 2.05) is 0 Å². The fourth-order valence-electron chi connectivity index (χ4n) is 3.02. The average Bonchev–Trinajstić information content (AvgIpc) is 2.68.